The molecule has 5 atom stereocenters. The number of rotatable bonds is 0. The van der Waals surface area contributed by atoms with Crippen LogP contribution in [0.4, 0.5) is 0 Å². The minimum Gasteiger partial charge on any atom is -0.429 e. The fraction of sp³-hybridized carbons (Fsp3) is 0.667. The van der Waals surface area contributed by atoms with Crippen LogP contribution >= 0.6 is 0 Å². The first-order chi connectivity index (χ1) is 8.92. The zero-order valence-electron chi connectivity index (χ0n) is 11.4. The van der Waals surface area contributed by atoms with Crippen LogP contribution < -0.4 is 0 Å². The maximum absolute atomic E-state index is 11.6. The third-order valence-electron chi connectivity index (χ3n) is 4.68. The number of carbonyl (C=O) groups is 1. The van der Waals surface area contributed by atoms with Crippen molar-refractivity contribution in [1.82, 2.24) is 0 Å². The Labute approximate surface area is 113 Å². The van der Waals surface area contributed by atoms with Gasteiger partial charge in [-0.25, -0.2) is 4.79 Å². The second kappa shape index (κ2) is 4.18. The Kier molecular flexibility index (Phi) is 2.84. The lowest BCUT2D eigenvalue weighted by molar-refractivity contribution is -0.288. The van der Waals surface area contributed by atoms with Crippen molar-refractivity contribution in [3.05, 3.63) is 23.8 Å². The zero-order valence-corrected chi connectivity index (χ0v) is 11.4. The Morgan fingerprint density at radius 2 is 2.26 bits per heavy atom. The van der Waals surface area contributed by atoms with Crippen LogP contribution in [0.25, 0.3) is 0 Å². The Bertz CT molecular complexity index is 449. The van der Waals surface area contributed by atoms with Gasteiger partial charge in [0.1, 0.15) is 6.10 Å². The molecule has 0 radical (unpaired) electrons. The number of esters is 1. The summed E-state index contributed by atoms with van der Waals surface area (Å²) in [5.74, 6) is -0.635. The van der Waals surface area contributed by atoms with E-state index in [4.69, 9.17) is 9.47 Å². The van der Waals surface area contributed by atoms with Gasteiger partial charge in [0.15, 0.2) is 0 Å². The molecule has 0 saturated carbocycles. The van der Waals surface area contributed by atoms with Crippen LogP contribution in [0.1, 0.15) is 33.1 Å². The maximum atomic E-state index is 11.6. The standard InChI is InChI=1S/C15H20O4/c1-8-4-5-11-9(2)6-15(18-13(11)12(8)16)7-10(3)14(17)19-15/h4,9,11-13,16H,3,5-7H2,1-2H3. The van der Waals surface area contributed by atoms with E-state index >= 15 is 0 Å². The predicted molar refractivity (Wildman–Crippen MR) is 69.1 cm³/mol. The van der Waals surface area contributed by atoms with Gasteiger partial charge in [-0.2, -0.15) is 0 Å². The molecule has 104 valence electrons. The molecule has 0 aromatic heterocycles. The molecule has 0 aromatic carbocycles. The fourth-order valence-electron chi connectivity index (χ4n) is 3.57. The molecule has 2 aliphatic heterocycles. The quantitative estimate of drug-likeness (QED) is 0.413. The van der Waals surface area contributed by atoms with E-state index in [1.165, 1.54) is 0 Å². The van der Waals surface area contributed by atoms with Gasteiger partial charge in [-0.15, -0.1) is 0 Å². The molecular weight excluding hydrogens is 244 g/mol. The summed E-state index contributed by atoms with van der Waals surface area (Å²) in [5.41, 5.74) is 1.40. The number of fused-ring (bicyclic) bond motifs is 1. The van der Waals surface area contributed by atoms with Crippen molar-refractivity contribution in [3.63, 3.8) is 0 Å². The molecule has 2 fully saturated rings. The monoisotopic (exact) mass is 264 g/mol. The summed E-state index contributed by atoms with van der Waals surface area (Å²) in [7, 11) is 0. The minimum absolute atomic E-state index is 0.285. The zero-order chi connectivity index (χ0) is 13.8. The lowest BCUT2D eigenvalue weighted by Gasteiger charge is -2.48. The molecule has 0 aromatic rings. The molecule has 0 bridgehead atoms. The summed E-state index contributed by atoms with van der Waals surface area (Å²) in [6.45, 7) is 7.77. The van der Waals surface area contributed by atoms with Gasteiger partial charge in [0, 0.05) is 18.4 Å². The van der Waals surface area contributed by atoms with Gasteiger partial charge in [-0.1, -0.05) is 19.6 Å². The van der Waals surface area contributed by atoms with Crippen LogP contribution in [0.2, 0.25) is 0 Å². The van der Waals surface area contributed by atoms with Gasteiger partial charge in [0.2, 0.25) is 5.79 Å². The second-order valence-corrected chi connectivity index (χ2v) is 6.14. The highest BCUT2D eigenvalue weighted by atomic mass is 16.7. The van der Waals surface area contributed by atoms with Crippen molar-refractivity contribution < 1.29 is 19.4 Å². The van der Waals surface area contributed by atoms with Gasteiger partial charge in [-0.3, -0.25) is 0 Å². The number of ether oxygens (including phenoxy) is 2. The molecule has 2 saturated heterocycles. The third kappa shape index (κ3) is 1.94. The molecule has 1 aliphatic carbocycles. The molecule has 19 heavy (non-hydrogen) atoms. The Morgan fingerprint density at radius 3 is 2.89 bits per heavy atom. The number of carbonyl (C=O) groups excluding carboxylic acids is 1. The molecule has 4 heteroatoms. The average Bonchev–Trinajstić information content (AvgIpc) is 2.59. The summed E-state index contributed by atoms with van der Waals surface area (Å²) in [6.07, 6.45) is 3.20. The normalized spacial score (nSPS) is 45.9. The number of allylic oxidation sites excluding steroid dienone is 1. The van der Waals surface area contributed by atoms with Gasteiger partial charge in [0.25, 0.3) is 0 Å². The predicted octanol–water partition coefficient (Wildman–Crippen LogP) is 1.94. The Balaban J connectivity index is 1.88. The first-order valence-corrected chi connectivity index (χ1v) is 6.85. The summed E-state index contributed by atoms with van der Waals surface area (Å²) < 4.78 is 11.5. The van der Waals surface area contributed by atoms with Crippen molar-refractivity contribution in [2.75, 3.05) is 0 Å². The lowest BCUT2D eigenvalue weighted by Crippen LogP contribution is -2.54. The fourth-order valence-corrected chi connectivity index (χ4v) is 3.57. The minimum atomic E-state index is -0.895. The van der Waals surface area contributed by atoms with E-state index in [9.17, 15) is 9.90 Å². The van der Waals surface area contributed by atoms with Crippen molar-refractivity contribution in [2.45, 2.75) is 51.1 Å². The molecule has 0 amide bonds. The van der Waals surface area contributed by atoms with E-state index < -0.39 is 11.9 Å². The molecule has 5 unspecified atom stereocenters. The van der Waals surface area contributed by atoms with Crippen LogP contribution in [0, 0.1) is 11.8 Å². The van der Waals surface area contributed by atoms with Gasteiger partial charge < -0.3 is 14.6 Å². The molecule has 2 heterocycles. The van der Waals surface area contributed by atoms with E-state index in [-0.39, 0.29) is 18.0 Å². The van der Waals surface area contributed by atoms with E-state index in [2.05, 4.69) is 19.6 Å². The molecule has 3 aliphatic rings. The molecule has 4 nitrogen and oxygen atoms in total. The largest absolute Gasteiger partial charge is 0.429 e. The molecular formula is C15H20O4. The third-order valence-corrected chi connectivity index (χ3v) is 4.68. The highest BCUT2D eigenvalue weighted by molar-refractivity contribution is 5.90. The van der Waals surface area contributed by atoms with Crippen molar-refractivity contribution in [1.29, 1.82) is 0 Å². The van der Waals surface area contributed by atoms with E-state index in [0.29, 0.717) is 24.3 Å². The summed E-state index contributed by atoms with van der Waals surface area (Å²) >= 11 is 0. The number of aliphatic hydroxyl groups excluding tert-OH is 1. The SMILES string of the molecule is C=C1CC2(CC(C)C3CC=C(C)C(O)C3O2)OC1=O. The van der Waals surface area contributed by atoms with Crippen LogP contribution in [0.3, 0.4) is 0 Å². The Morgan fingerprint density at radius 1 is 1.53 bits per heavy atom. The first kappa shape index (κ1) is 12.9. The topological polar surface area (TPSA) is 55.8 Å². The highest BCUT2D eigenvalue weighted by Gasteiger charge is 2.54. The van der Waals surface area contributed by atoms with Crippen molar-refractivity contribution in [2.24, 2.45) is 11.8 Å². The summed E-state index contributed by atoms with van der Waals surface area (Å²) in [5, 5.41) is 10.3. The molecule has 1 N–H and O–H groups in total. The van der Waals surface area contributed by atoms with Crippen LogP contribution in [0.5, 0.6) is 0 Å². The van der Waals surface area contributed by atoms with Gasteiger partial charge >= 0.3 is 5.97 Å². The molecule has 1 spiro atoms. The first-order valence-electron chi connectivity index (χ1n) is 6.85. The maximum Gasteiger partial charge on any atom is 0.336 e. The smallest absolute Gasteiger partial charge is 0.336 e. The second-order valence-electron chi connectivity index (χ2n) is 6.14. The highest BCUT2D eigenvalue weighted by Crippen LogP contribution is 2.48. The van der Waals surface area contributed by atoms with Crippen molar-refractivity contribution in [3.8, 4) is 0 Å². The van der Waals surface area contributed by atoms with Gasteiger partial charge in [0.05, 0.1) is 6.10 Å². The van der Waals surface area contributed by atoms with Crippen molar-refractivity contribution >= 4 is 5.97 Å². The van der Waals surface area contributed by atoms with Crippen LogP contribution in [-0.2, 0) is 14.3 Å². The number of hydrogen-bond donors (Lipinski definition) is 1. The van der Waals surface area contributed by atoms with Gasteiger partial charge in [-0.05, 0) is 30.8 Å². The lowest BCUT2D eigenvalue weighted by atomic mass is 9.73. The van der Waals surface area contributed by atoms with E-state index in [0.717, 1.165) is 12.0 Å². The van der Waals surface area contributed by atoms with Crippen LogP contribution in [0.15, 0.2) is 23.8 Å². The summed E-state index contributed by atoms with van der Waals surface area (Å²) in [6, 6.07) is 0. The van der Waals surface area contributed by atoms with Crippen LogP contribution in [-0.4, -0.2) is 29.1 Å². The number of hydrogen-bond acceptors (Lipinski definition) is 4. The van der Waals surface area contributed by atoms with E-state index in [1.54, 1.807) is 0 Å². The number of aliphatic hydroxyl groups is 1. The molecule has 3 rings (SSSR count). The Hall–Kier alpha value is -1.13. The average molecular weight is 264 g/mol. The van der Waals surface area contributed by atoms with E-state index in [1.807, 2.05) is 6.92 Å². The summed E-state index contributed by atoms with van der Waals surface area (Å²) in [4.78, 5) is 11.6.